The van der Waals surface area contributed by atoms with Gasteiger partial charge in [0.25, 0.3) is 11.4 Å². The van der Waals surface area contributed by atoms with Crippen molar-refractivity contribution < 1.29 is 33.6 Å². The molecule has 0 saturated carbocycles. The Hall–Kier alpha value is -3.57. The van der Waals surface area contributed by atoms with Crippen LogP contribution in [0.2, 0.25) is 0 Å². The highest BCUT2D eigenvalue weighted by molar-refractivity contribution is 5.69. The van der Waals surface area contributed by atoms with Gasteiger partial charge in [0.05, 0.1) is 9.85 Å². The van der Waals surface area contributed by atoms with E-state index < -0.39 is 16.0 Å². The highest BCUT2D eigenvalue weighted by atomic mass is 16.7. The highest BCUT2D eigenvalue weighted by Crippen LogP contribution is 2.29. The molecule has 0 bridgehead atoms. The van der Waals surface area contributed by atoms with Crippen LogP contribution in [0.25, 0.3) is 0 Å². The van der Waals surface area contributed by atoms with E-state index in [0.29, 0.717) is 50.0 Å². The Balaban J connectivity index is 2.17. The lowest BCUT2D eigenvalue weighted by molar-refractivity contribution is -0.385. The lowest BCUT2D eigenvalue weighted by atomic mass is 10.1. The zero-order valence-electron chi connectivity index (χ0n) is 19.2. The van der Waals surface area contributed by atoms with Crippen LogP contribution in [-0.2, 0) is 22.3 Å². The van der Waals surface area contributed by atoms with Gasteiger partial charge in [-0.3, -0.25) is 20.2 Å². The van der Waals surface area contributed by atoms with Crippen LogP contribution in [0, 0.1) is 20.2 Å². The first-order valence-corrected chi connectivity index (χ1v) is 10.8. The summed E-state index contributed by atoms with van der Waals surface area (Å²) in [7, 11) is 3.17. The monoisotopic (exact) mass is 476 g/mol. The second-order valence-corrected chi connectivity index (χ2v) is 7.45. The van der Waals surface area contributed by atoms with Gasteiger partial charge in [0.2, 0.25) is 0 Å². The predicted molar refractivity (Wildman–Crippen MR) is 122 cm³/mol. The van der Waals surface area contributed by atoms with Crippen molar-refractivity contribution in [2.24, 2.45) is 0 Å². The molecule has 0 N–H and O–H groups in total. The molecule has 0 saturated heterocycles. The van der Waals surface area contributed by atoms with E-state index in [1.807, 2.05) is 0 Å². The van der Waals surface area contributed by atoms with Crippen molar-refractivity contribution in [1.29, 1.82) is 0 Å². The largest absolute Gasteiger partial charge is 0.519 e. The third-order valence-corrected chi connectivity index (χ3v) is 4.99. The van der Waals surface area contributed by atoms with Crippen molar-refractivity contribution in [1.82, 2.24) is 0 Å². The SMILES string of the molecule is COCCCCc1cc([N+](=O)[O-])ccc1OC(=O)Oc1ccc([N+](=O)[O-])cc1CCCCOC. The van der Waals surface area contributed by atoms with Crippen LogP contribution < -0.4 is 9.47 Å². The van der Waals surface area contributed by atoms with E-state index in [1.165, 1.54) is 36.4 Å². The molecule has 34 heavy (non-hydrogen) atoms. The number of hydrogen-bond donors (Lipinski definition) is 0. The van der Waals surface area contributed by atoms with Crippen LogP contribution in [-0.4, -0.2) is 43.4 Å². The minimum absolute atomic E-state index is 0.115. The molecule has 0 aromatic heterocycles. The Morgan fingerprint density at radius 3 is 1.50 bits per heavy atom. The van der Waals surface area contributed by atoms with Gasteiger partial charge < -0.3 is 18.9 Å². The number of aryl methyl sites for hydroxylation is 2. The summed E-state index contributed by atoms with van der Waals surface area (Å²) in [5.41, 5.74) is 0.754. The second-order valence-electron chi connectivity index (χ2n) is 7.45. The van der Waals surface area contributed by atoms with E-state index in [2.05, 4.69) is 0 Å². The molecule has 0 amide bonds. The number of non-ortho nitro benzene ring substituents is 2. The molecule has 2 rings (SSSR count). The quantitative estimate of drug-likeness (QED) is 0.121. The number of nitro groups is 2. The standard InChI is InChI=1S/C23H28N2O9/c1-31-13-5-3-7-17-15-19(24(27)28)9-11-21(17)33-23(26)34-22-12-10-20(25(29)30)16-18(22)8-4-6-14-32-2/h9-12,15-16H,3-8,13-14H2,1-2H3. The average Bonchev–Trinajstić information content (AvgIpc) is 2.81. The van der Waals surface area contributed by atoms with Crippen molar-refractivity contribution in [3.8, 4) is 11.5 Å². The molecule has 11 nitrogen and oxygen atoms in total. The van der Waals surface area contributed by atoms with Gasteiger partial charge in [-0.25, -0.2) is 4.79 Å². The fourth-order valence-corrected chi connectivity index (χ4v) is 3.27. The van der Waals surface area contributed by atoms with Crippen LogP contribution in [0.3, 0.4) is 0 Å². The number of unbranched alkanes of at least 4 members (excludes halogenated alkanes) is 2. The lowest BCUT2D eigenvalue weighted by Gasteiger charge is -2.12. The normalized spacial score (nSPS) is 10.6. The molecule has 0 aliphatic rings. The molecule has 2 aromatic carbocycles. The van der Waals surface area contributed by atoms with Crippen LogP contribution in [0.4, 0.5) is 16.2 Å². The third kappa shape index (κ3) is 8.41. The maximum Gasteiger partial charge on any atom is 0.519 e. The minimum Gasteiger partial charge on any atom is -0.394 e. The molecular formula is C23H28N2O9. The van der Waals surface area contributed by atoms with Gasteiger partial charge in [0, 0.05) is 62.8 Å². The zero-order chi connectivity index (χ0) is 24.9. The van der Waals surface area contributed by atoms with Crippen molar-refractivity contribution >= 4 is 17.5 Å². The fraction of sp³-hybridized carbons (Fsp3) is 0.435. The van der Waals surface area contributed by atoms with Crippen LogP contribution >= 0.6 is 0 Å². The maximum absolute atomic E-state index is 12.5. The van der Waals surface area contributed by atoms with Gasteiger partial charge >= 0.3 is 6.16 Å². The summed E-state index contributed by atoms with van der Waals surface area (Å²) in [6, 6.07) is 7.92. The summed E-state index contributed by atoms with van der Waals surface area (Å²) < 4.78 is 20.7. The van der Waals surface area contributed by atoms with Crippen molar-refractivity contribution in [2.75, 3.05) is 27.4 Å². The molecule has 0 aliphatic heterocycles. The third-order valence-electron chi connectivity index (χ3n) is 4.99. The number of ether oxygens (including phenoxy) is 4. The number of rotatable bonds is 14. The average molecular weight is 476 g/mol. The fourth-order valence-electron chi connectivity index (χ4n) is 3.27. The number of methoxy groups -OCH3 is 2. The van der Waals surface area contributed by atoms with E-state index in [0.717, 1.165) is 12.8 Å². The molecule has 0 atom stereocenters. The summed E-state index contributed by atoms with van der Waals surface area (Å²) in [5, 5.41) is 22.3. The van der Waals surface area contributed by atoms with E-state index in [9.17, 15) is 25.0 Å². The summed E-state index contributed by atoms with van der Waals surface area (Å²) >= 11 is 0. The zero-order valence-corrected chi connectivity index (χ0v) is 19.2. The van der Waals surface area contributed by atoms with E-state index in [1.54, 1.807) is 14.2 Å². The molecule has 0 aliphatic carbocycles. The Labute approximate surface area is 196 Å². The van der Waals surface area contributed by atoms with Gasteiger partial charge in [0.1, 0.15) is 11.5 Å². The number of carbonyl (C=O) groups excluding carboxylic acids is 1. The van der Waals surface area contributed by atoms with Gasteiger partial charge in [-0.15, -0.1) is 0 Å². The molecule has 2 aromatic rings. The van der Waals surface area contributed by atoms with Crippen molar-refractivity contribution in [2.45, 2.75) is 38.5 Å². The summed E-state index contributed by atoms with van der Waals surface area (Å²) in [6.45, 7) is 1.08. The minimum atomic E-state index is -1.04. The Morgan fingerprint density at radius 2 is 1.15 bits per heavy atom. The first kappa shape index (κ1) is 26.7. The molecule has 0 radical (unpaired) electrons. The molecule has 184 valence electrons. The highest BCUT2D eigenvalue weighted by Gasteiger charge is 2.18. The number of nitrogens with zero attached hydrogens (tertiary/aromatic N) is 2. The first-order valence-electron chi connectivity index (χ1n) is 10.8. The topological polar surface area (TPSA) is 140 Å². The molecule has 11 heteroatoms. The first-order chi connectivity index (χ1) is 16.3. The van der Waals surface area contributed by atoms with Gasteiger partial charge in [-0.2, -0.15) is 0 Å². The number of carbonyl (C=O) groups is 1. The number of nitro benzene ring substituents is 2. The summed E-state index contributed by atoms with van der Waals surface area (Å²) in [4.78, 5) is 33.8. The second kappa shape index (κ2) is 13.9. The maximum atomic E-state index is 12.5. The van der Waals surface area contributed by atoms with Gasteiger partial charge in [0.15, 0.2) is 0 Å². The van der Waals surface area contributed by atoms with Crippen LogP contribution in [0.5, 0.6) is 11.5 Å². The van der Waals surface area contributed by atoms with E-state index in [4.69, 9.17) is 18.9 Å². The summed E-state index contributed by atoms with van der Waals surface area (Å²) in [6.07, 6.45) is 2.66. The van der Waals surface area contributed by atoms with Crippen molar-refractivity contribution in [3.63, 3.8) is 0 Å². The molecule has 0 heterocycles. The van der Waals surface area contributed by atoms with Crippen molar-refractivity contribution in [3.05, 3.63) is 67.8 Å². The Kier molecular flexibility index (Phi) is 10.9. The number of hydrogen-bond acceptors (Lipinski definition) is 9. The number of benzene rings is 2. The van der Waals surface area contributed by atoms with E-state index in [-0.39, 0.29) is 22.9 Å². The summed E-state index contributed by atoms with van der Waals surface area (Å²) in [5.74, 6) is 0.299. The molecule has 0 fully saturated rings. The Morgan fingerprint density at radius 1 is 0.735 bits per heavy atom. The van der Waals surface area contributed by atoms with E-state index >= 15 is 0 Å². The lowest BCUT2D eigenvalue weighted by Crippen LogP contribution is -2.16. The Bertz CT molecular complexity index is 917. The molecule has 0 spiro atoms. The van der Waals surface area contributed by atoms with Gasteiger partial charge in [-0.1, -0.05) is 0 Å². The predicted octanol–water partition coefficient (Wildman–Crippen LogP) is 5.02. The van der Waals surface area contributed by atoms with Gasteiger partial charge in [-0.05, 0) is 50.7 Å². The molecular weight excluding hydrogens is 448 g/mol. The smallest absolute Gasteiger partial charge is 0.394 e. The van der Waals surface area contributed by atoms with Crippen LogP contribution in [0.15, 0.2) is 36.4 Å². The van der Waals surface area contributed by atoms with Crippen LogP contribution in [0.1, 0.15) is 36.8 Å². The molecule has 0 unspecified atom stereocenters.